The van der Waals surface area contributed by atoms with Gasteiger partial charge in [-0.15, -0.1) is 0 Å². The molecule has 20 heavy (non-hydrogen) atoms. The number of nitrogen functional groups attached to an aromatic ring is 1. The topological polar surface area (TPSA) is 83.8 Å². The normalized spacial score (nSPS) is 10.6. The molecule has 0 aliphatic rings. The van der Waals surface area contributed by atoms with Gasteiger partial charge in [0, 0.05) is 23.2 Å². The predicted molar refractivity (Wildman–Crippen MR) is 78.1 cm³/mol. The highest BCUT2D eigenvalue weighted by atomic mass is 16.1. The summed E-state index contributed by atoms with van der Waals surface area (Å²) in [5, 5.41) is 10.8. The fraction of sp³-hybridized carbons (Fsp3) is 0.0667. The van der Waals surface area contributed by atoms with Crippen LogP contribution in [0, 0.1) is 0 Å². The Morgan fingerprint density at radius 3 is 2.80 bits per heavy atom. The molecule has 4 N–H and O–H groups in total. The van der Waals surface area contributed by atoms with Crippen molar-refractivity contribution in [2.24, 2.45) is 0 Å². The highest BCUT2D eigenvalue weighted by molar-refractivity contribution is 5.94. The van der Waals surface area contributed by atoms with E-state index in [9.17, 15) is 4.79 Å². The first-order chi connectivity index (χ1) is 9.72. The summed E-state index contributed by atoms with van der Waals surface area (Å²) in [6.45, 7) is 0.470. The molecule has 1 amide bonds. The van der Waals surface area contributed by atoms with Crippen molar-refractivity contribution < 1.29 is 4.79 Å². The van der Waals surface area contributed by atoms with Gasteiger partial charge in [-0.2, -0.15) is 5.10 Å². The Hall–Kier alpha value is -2.82. The van der Waals surface area contributed by atoms with Gasteiger partial charge in [-0.1, -0.05) is 12.1 Å². The van der Waals surface area contributed by atoms with E-state index in [1.165, 1.54) is 0 Å². The van der Waals surface area contributed by atoms with Crippen LogP contribution in [-0.2, 0) is 6.54 Å². The maximum absolute atomic E-state index is 12.0. The first-order valence-electron chi connectivity index (χ1n) is 6.28. The Morgan fingerprint density at radius 1 is 1.20 bits per heavy atom. The molecule has 0 atom stereocenters. The van der Waals surface area contributed by atoms with Gasteiger partial charge in [-0.3, -0.25) is 9.89 Å². The quantitative estimate of drug-likeness (QED) is 0.634. The summed E-state index contributed by atoms with van der Waals surface area (Å²) in [6.07, 6.45) is 1.77. The summed E-state index contributed by atoms with van der Waals surface area (Å²) < 4.78 is 0. The van der Waals surface area contributed by atoms with Gasteiger partial charge >= 0.3 is 0 Å². The van der Waals surface area contributed by atoms with Crippen molar-refractivity contribution in [2.45, 2.75) is 6.54 Å². The van der Waals surface area contributed by atoms with Crippen LogP contribution in [-0.4, -0.2) is 16.1 Å². The van der Waals surface area contributed by atoms with Gasteiger partial charge in [0.15, 0.2) is 0 Å². The van der Waals surface area contributed by atoms with Crippen molar-refractivity contribution in [3.8, 4) is 0 Å². The van der Waals surface area contributed by atoms with E-state index in [4.69, 9.17) is 5.73 Å². The molecule has 0 unspecified atom stereocenters. The zero-order valence-electron chi connectivity index (χ0n) is 10.8. The van der Waals surface area contributed by atoms with Crippen molar-refractivity contribution in [1.82, 2.24) is 15.5 Å². The maximum atomic E-state index is 12.0. The average molecular weight is 266 g/mol. The van der Waals surface area contributed by atoms with Crippen molar-refractivity contribution in [3.63, 3.8) is 0 Å². The number of aromatic amines is 1. The number of nitrogens with one attached hydrogen (secondary N) is 2. The van der Waals surface area contributed by atoms with Gasteiger partial charge in [0.2, 0.25) is 0 Å². The van der Waals surface area contributed by atoms with E-state index in [0.717, 1.165) is 16.5 Å². The first-order valence-corrected chi connectivity index (χ1v) is 6.28. The summed E-state index contributed by atoms with van der Waals surface area (Å²) >= 11 is 0. The molecule has 1 heterocycles. The second kappa shape index (κ2) is 5.05. The lowest BCUT2D eigenvalue weighted by atomic mass is 10.1. The molecule has 0 radical (unpaired) electrons. The van der Waals surface area contributed by atoms with E-state index in [1.54, 1.807) is 30.5 Å². The Bertz CT molecular complexity index is 746. The lowest BCUT2D eigenvalue weighted by Gasteiger charge is -2.06. The Labute approximate surface area is 115 Å². The molecule has 5 heteroatoms. The minimum atomic E-state index is -0.116. The van der Waals surface area contributed by atoms with Crippen molar-refractivity contribution in [1.29, 1.82) is 0 Å². The molecule has 100 valence electrons. The molecular weight excluding hydrogens is 252 g/mol. The number of nitrogens with zero attached hydrogens (tertiary/aromatic N) is 1. The molecule has 1 aromatic heterocycles. The molecule has 2 aromatic carbocycles. The van der Waals surface area contributed by atoms with Crippen LogP contribution in [0.2, 0.25) is 0 Å². The van der Waals surface area contributed by atoms with E-state index in [0.29, 0.717) is 17.8 Å². The van der Waals surface area contributed by atoms with E-state index in [2.05, 4.69) is 15.5 Å². The van der Waals surface area contributed by atoms with E-state index in [1.807, 2.05) is 18.2 Å². The molecule has 0 aliphatic heterocycles. The Kier molecular flexibility index (Phi) is 3.09. The van der Waals surface area contributed by atoms with Crippen LogP contribution >= 0.6 is 0 Å². The van der Waals surface area contributed by atoms with E-state index < -0.39 is 0 Å². The second-order valence-electron chi connectivity index (χ2n) is 4.60. The predicted octanol–water partition coefficient (Wildman–Crippen LogP) is 2.08. The largest absolute Gasteiger partial charge is 0.399 e. The summed E-state index contributed by atoms with van der Waals surface area (Å²) in [7, 11) is 0. The molecule has 0 fully saturated rings. The number of benzene rings is 2. The molecule has 5 nitrogen and oxygen atoms in total. The van der Waals surface area contributed by atoms with Crippen LogP contribution in [0.15, 0.2) is 48.7 Å². The number of nitrogens with two attached hydrogens (primary N) is 1. The molecule has 0 spiro atoms. The number of aromatic nitrogens is 2. The third-order valence-corrected chi connectivity index (χ3v) is 3.13. The number of anilines is 1. The van der Waals surface area contributed by atoms with Gasteiger partial charge in [0.1, 0.15) is 0 Å². The highest BCUT2D eigenvalue weighted by Gasteiger charge is 2.05. The van der Waals surface area contributed by atoms with Gasteiger partial charge in [0.25, 0.3) is 5.91 Å². The fourth-order valence-electron chi connectivity index (χ4n) is 2.01. The third-order valence-electron chi connectivity index (χ3n) is 3.13. The number of hydrogen-bond acceptors (Lipinski definition) is 3. The zero-order valence-corrected chi connectivity index (χ0v) is 10.8. The third kappa shape index (κ3) is 2.47. The first kappa shape index (κ1) is 12.2. The number of carbonyl (C=O) groups is 1. The standard InChI is InChI=1S/C15H14N4O/c16-13-5-3-11(4-6-13)15(20)17-8-10-1-2-12-9-18-19-14(12)7-10/h1-7,9H,8,16H2,(H,17,20)(H,18,19). The second-order valence-corrected chi connectivity index (χ2v) is 4.60. The van der Waals surface area contributed by atoms with Gasteiger partial charge in [-0.05, 0) is 35.9 Å². The lowest BCUT2D eigenvalue weighted by molar-refractivity contribution is 0.0951. The van der Waals surface area contributed by atoms with E-state index >= 15 is 0 Å². The zero-order chi connectivity index (χ0) is 13.9. The van der Waals surface area contributed by atoms with Crippen molar-refractivity contribution >= 4 is 22.5 Å². The summed E-state index contributed by atoms with van der Waals surface area (Å²) in [5.74, 6) is -0.116. The molecule has 3 rings (SSSR count). The van der Waals surface area contributed by atoms with Crippen LogP contribution in [0.1, 0.15) is 15.9 Å². The van der Waals surface area contributed by atoms with Crippen LogP contribution in [0.25, 0.3) is 10.9 Å². The van der Waals surface area contributed by atoms with E-state index in [-0.39, 0.29) is 5.91 Å². The lowest BCUT2D eigenvalue weighted by Crippen LogP contribution is -2.22. The highest BCUT2D eigenvalue weighted by Crippen LogP contribution is 2.13. The van der Waals surface area contributed by atoms with Crippen LogP contribution in [0.4, 0.5) is 5.69 Å². The van der Waals surface area contributed by atoms with Crippen LogP contribution in [0.5, 0.6) is 0 Å². The SMILES string of the molecule is Nc1ccc(C(=O)NCc2ccc3cn[nH]c3c2)cc1. The maximum Gasteiger partial charge on any atom is 0.251 e. The van der Waals surface area contributed by atoms with Crippen LogP contribution in [0.3, 0.4) is 0 Å². The fourth-order valence-corrected chi connectivity index (χ4v) is 2.01. The minimum absolute atomic E-state index is 0.116. The number of rotatable bonds is 3. The smallest absolute Gasteiger partial charge is 0.251 e. The molecule has 0 saturated carbocycles. The number of fused-ring (bicyclic) bond motifs is 1. The summed E-state index contributed by atoms with van der Waals surface area (Å²) in [6, 6.07) is 12.8. The number of H-pyrrole nitrogens is 1. The van der Waals surface area contributed by atoms with Crippen molar-refractivity contribution in [3.05, 3.63) is 59.8 Å². The number of hydrogen-bond donors (Lipinski definition) is 3. The summed E-state index contributed by atoms with van der Waals surface area (Å²) in [5.41, 5.74) is 8.82. The molecule has 0 bridgehead atoms. The Morgan fingerprint density at radius 2 is 2.00 bits per heavy atom. The van der Waals surface area contributed by atoms with Crippen molar-refractivity contribution in [2.75, 3.05) is 5.73 Å². The minimum Gasteiger partial charge on any atom is -0.399 e. The molecule has 3 aromatic rings. The number of amides is 1. The van der Waals surface area contributed by atoms with Gasteiger partial charge in [-0.25, -0.2) is 0 Å². The molecule has 0 saturated heterocycles. The van der Waals surface area contributed by atoms with Gasteiger partial charge < -0.3 is 11.1 Å². The summed E-state index contributed by atoms with van der Waals surface area (Å²) in [4.78, 5) is 12.0. The van der Waals surface area contributed by atoms with Gasteiger partial charge in [0.05, 0.1) is 11.7 Å². The monoisotopic (exact) mass is 266 g/mol. The Balaban J connectivity index is 1.69. The van der Waals surface area contributed by atoms with Crippen LogP contribution < -0.4 is 11.1 Å². The number of carbonyl (C=O) groups excluding carboxylic acids is 1. The molecular formula is C15H14N4O. The molecule has 0 aliphatic carbocycles. The average Bonchev–Trinajstić information content (AvgIpc) is 2.93.